The van der Waals surface area contributed by atoms with Crippen molar-refractivity contribution in [1.82, 2.24) is 0 Å². The van der Waals surface area contributed by atoms with Gasteiger partial charge in [0.25, 0.3) is 0 Å². The number of carbonyl (C=O) groups is 2. The standard InChI is InChI=1S/C7H11ClO3/c1-5(9)6(8)3-2-4-7(10)11/h6H,2-4H2,1H3,(H,10,11). The van der Waals surface area contributed by atoms with Gasteiger partial charge < -0.3 is 5.11 Å². The second-order valence-electron chi connectivity index (χ2n) is 2.36. The van der Waals surface area contributed by atoms with Gasteiger partial charge in [-0.2, -0.15) is 0 Å². The van der Waals surface area contributed by atoms with E-state index < -0.39 is 11.3 Å². The lowest BCUT2D eigenvalue weighted by molar-refractivity contribution is -0.137. The van der Waals surface area contributed by atoms with Crippen molar-refractivity contribution < 1.29 is 14.7 Å². The van der Waals surface area contributed by atoms with Crippen LogP contribution in [-0.2, 0) is 9.59 Å². The number of alkyl halides is 1. The zero-order valence-electron chi connectivity index (χ0n) is 6.34. The monoisotopic (exact) mass is 178 g/mol. The van der Waals surface area contributed by atoms with Gasteiger partial charge >= 0.3 is 5.97 Å². The maximum atomic E-state index is 10.5. The molecule has 0 aliphatic carbocycles. The van der Waals surface area contributed by atoms with Crippen molar-refractivity contribution in [2.24, 2.45) is 0 Å². The molecule has 1 unspecified atom stereocenters. The number of carboxylic acids is 1. The molecule has 0 aromatic rings. The first kappa shape index (κ1) is 10.4. The summed E-state index contributed by atoms with van der Waals surface area (Å²) in [6.45, 7) is 1.40. The lowest BCUT2D eigenvalue weighted by Crippen LogP contribution is -2.10. The second kappa shape index (κ2) is 5.13. The quantitative estimate of drug-likeness (QED) is 0.649. The summed E-state index contributed by atoms with van der Waals surface area (Å²) in [7, 11) is 0. The number of Topliss-reactive ketones (excluding diaryl/α,β-unsaturated/α-hetero) is 1. The Morgan fingerprint density at radius 2 is 2.09 bits per heavy atom. The summed E-state index contributed by atoms with van der Waals surface area (Å²) >= 11 is 5.56. The number of halogens is 1. The largest absolute Gasteiger partial charge is 0.481 e. The van der Waals surface area contributed by atoms with Crippen molar-refractivity contribution in [3.05, 3.63) is 0 Å². The average Bonchev–Trinajstić information content (AvgIpc) is 1.86. The average molecular weight is 179 g/mol. The Hall–Kier alpha value is -0.570. The van der Waals surface area contributed by atoms with Crippen LogP contribution in [0.15, 0.2) is 0 Å². The third kappa shape index (κ3) is 5.85. The Morgan fingerprint density at radius 1 is 1.55 bits per heavy atom. The zero-order chi connectivity index (χ0) is 8.85. The van der Waals surface area contributed by atoms with E-state index in [0.29, 0.717) is 12.8 Å². The Labute approximate surface area is 70.3 Å². The highest BCUT2D eigenvalue weighted by molar-refractivity contribution is 6.30. The van der Waals surface area contributed by atoms with Gasteiger partial charge in [0, 0.05) is 6.42 Å². The lowest BCUT2D eigenvalue weighted by Gasteiger charge is -2.01. The minimum absolute atomic E-state index is 0.0799. The smallest absolute Gasteiger partial charge is 0.303 e. The Kier molecular flexibility index (Phi) is 4.86. The van der Waals surface area contributed by atoms with Crippen LogP contribution in [0.2, 0.25) is 0 Å². The number of rotatable bonds is 5. The molecule has 0 fully saturated rings. The van der Waals surface area contributed by atoms with E-state index in [1.165, 1.54) is 6.92 Å². The predicted molar refractivity (Wildman–Crippen MR) is 41.8 cm³/mol. The summed E-state index contributed by atoms with van der Waals surface area (Å²) in [5.41, 5.74) is 0. The lowest BCUT2D eigenvalue weighted by atomic mass is 10.1. The molecule has 0 amide bonds. The highest BCUT2D eigenvalue weighted by atomic mass is 35.5. The van der Waals surface area contributed by atoms with Gasteiger partial charge in [-0.15, -0.1) is 11.6 Å². The first-order valence-electron chi connectivity index (χ1n) is 3.40. The van der Waals surface area contributed by atoms with Crippen LogP contribution in [0.3, 0.4) is 0 Å². The minimum Gasteiger partial charge on any atom is -0.481 e. The van der Waals surface area contributed by atoms with Crippen LogP contribution in [0.1, 0.15) is 26.2 Å². The van der Waals surface area contributed by atoms with E-state index in [9.17, 15) is 9.59 Å². The van der Waals surface area contributed by atoms with Crippen molar-refractivity contribution in [2.45, 2.75) is 31.6 Å². The van der Waals surface area contributed by atoms with Gasteiger partial charge in [-0.05, 0) is 19.8 Å². The zero-order valence-corrected chi connectivity index (χ0v) is 7.10. The highest BCUT2D eigenvalue weighted by Gasteiger charge is 2.09. The van der Waals surface area contributed by atoms with Gasteiger partial charge in [-0.25, -0.2) is 0 Å². The minimum atomic E-state index is -0.850. The SMILES string of the molecule is CC(=O)C(Cl)CCCC(=O)O. The third-order valence-corrected chi connectivity index (χ3v) is 1.81. The molecular weight excluding hydrogens is 168 g/mol. The maximum absolute atomic E-state index is 10.5. The van der Waals surface area contributed by atoms with E-state index in [0.717, 1.165) is 0 Å². The van der Waals surface area contributed by atoms with Crippen molar-refractivity contribution in [1.29, 1.82) is 0 Å². The second-order valence-corrected chi connectivity index (χ2v) is 2.89. The Balaban J connectivity index is 3.39. The first-order valence-corrected chi connectivity index (χ1v) is 3.84. The van der Waals surface area contributed by atoms with Gasteiger partial charge in [0.15, 0.2) is 0 Å². The van der Waals surface area contributed by atoms with Crippen LogP contribution in [-0.4, -0.2) is 22.2 Å². The van der Waals surface area contributed by atoms with Crippen molar-refractivity contribution in [3.8, 4) is 0 Å². The molecule has 0 bridgehead atoms. The molecule has 0 saturated heterocycles. The molecule has 0 rings (SSSR count). The van der Waals surface area contributed by atoms with Gasteiger partial charge in [-0.3, -0.25) is 9.59 Å². The Bertz CT molecular complexity index is 156. The van der Waals surface area contributed by atoms with E-state index in [2.05, 4.69) is 0 Å². The first-order chi connectivity index (χ1) is 5.04. The third-order valence-electron chi connectivity index (χ3n) is 1.29. The van der Waals surface area contributed by atoms with Gasteiger partial charge in [-0.1, -0.05) is 0 Å². The number of aliphatic carboxylic acids is 1. The van der Waals surface area contributed by atoms with E-state index in [1.54, 1.807) is 0 Å². The molecule has 4 heteroatoms. The fourth-order valence-electron chi connectivity index (χ4n) is 0.636. The molecule has 0 aromatic heterocycles. The molecule has 1 atom stereocenters. The van der Waals surface area contributed by atoms with Crippen molar-refractivity contribution in [2.75, 3.05) is 0 Å². The summed E-state index contributed by atoms with van der Waals surface area (Å²) in [6.07, 6.45) is 0.989. The summed E-state index contributed by atoms with van der Waals surface area (Å²) in [6, 6.07) is 0. The van der Waals surface area contributed by atoms with Crippen LogP contribution in [0.25, 0.3) is 0 Å². The molecule has 3 nitrogen and oxygen atoms in total. The number of ketones is 1. The fraction of sp³-hybridized carbons (Fsp3) is 0.714. The molecule has 0 spiro atoms. The number of hydrogen-bond acceptors (Lipinski definition) is 2. The summed E-state index contributed by atoms with van der Waals surface area (Å²) in [4.78, 5) is 20.6. The predicted octanol–water partition coefficient (Wildman–Crippen LogP) is 1.44. The van der Waals surface area contributed by atoms with Crippen LogP contribution in [0.5, 0.6) is 0 Å². The molecule has 0 aliphatic heterocycles. The molecule has 0 heterocycles. The maximum Gasteiger partial charge on any atom is 0.303 e. The molecule has 64 valence electrons. The van der Waals surface area contributed by atoms with E-state index in [1.807, 2.05) is 0 Å². The van der Waals surface area contributed by atoms with Crippen LogP contribution < -0.4 is 0 Å². The fourth-order valence-corrected chi connectivity index (χ4v) is 0.790. The molecule has 1 N–H and O–H groups in total. The highest BCUT2D eigenvalue weighted by Crippen LogP contribution is 2.08. The number of hydrogen-bond donors (Lipinski definition) is 1. The Morgan fingerprint density at radius 3 is 2.45 bits per heavy atom. The van der Waals surface area contributed by atoms with E-state index in [-0.39, 0.29) is 12.2 Å². The van der Waals surface area contributed by atoms with Gasteiger partial charge in [0.05, 0.1) is 5.38 Å². The van der Waals surface area contributed by atoms with Crippen molar-refractivity contribution >= 4 is 23.4 Å². The molecular formula is C7H11ClO3. The van der Waals surface area contributed by atoms with Gasteiger partial charge in [0.2, 0.25) is 0 Å². The normalized spacial score (nSPS) is 12.5. The molecule has 0 radical (unpaired) electrons. The summed E-state index contributed by atoms with van der Waals surface area (Å²) in [5.74, 6) is -0.950. The van der Waals surface area contributed by atoms with Gasteiger partial charge in [0.1, 0.15) is 5.78 Å². The number of carbonyl (C=O) groups excluding carboxylic acids is 1. The molecule has 0 aromatic carbocycles. The molecule has 0 saturated carbocycles. The summed E-state index contributed by atoms with van der Waals surface area (Å²) in [5, 5.41) is 7.72. The number of carboxylic acid groups (broad SMARTS) is 1. The van der Waals surface area contributed by atoms with E-state index in [4.69, 9.17) is 16.7 Å². The van der Waals surface area contributed by atoms with Crippen molar-refractivity contribution in [3.63, 3.8) is 0 Å². The molecule has 0 aliphatic rings. The van der Waals surface area contributed by atoms with E-state index >= 15 is 0 Å². The van der Waals surface area contributed by atoms with Crippen LogP contribution >= 0.6 is 11.6 Å². The topological polar surface area (TPSA) is 54.4 Å². The summed E-state index contributed by atoms with van der Waals surface area (Å²) < 4.78 is 0. The molecule has 11 heavy (non-hydrogen) atoms. The van der Waals surface area contributed by atoms with Crippen LogP contribution in [0, 0.1) is 0 Å². The van der Waals surface area contributed by atoms with Crippen LogP contribution in [0.4, 0.5) is 0 Å².